The van der Waals surface area contributed by atoms with E-state index in [0.717, 1.165) is 24.6 Å². The van der Waals surface area contributed by atoms with Crippen LogP contribution in [-0.2, 0) is 6.54 Å². The lowest BCUT2D eigenvalue weighted by atomic mass is 10.1. The van der Waals surface area contributed by atoms with E-state index < -0.39 is 0 Å². The van der Waals surface area contributed by atoms with Crippen LogP contribution < -0.4 is 0 Å². The van der Waals surface area contributed by atoms with Gasteiger partial charge in [-0.2, -0.15) is 5.26 Å². The molecule has 0 spiro atoms. The number of hydrogen-bond donors (Lipinski definition) is 0. The molecule has 1 aliphatic carbocycles. The highest BCUT2D eigenvalue weighted by molar-refractivity contribution is 6.31. The van der Waals surface area contributed by atoms with E-state index in [4.69, 9.17) is 16.9 Å². The van der Waals surface area contributed by atoms with Crippen LogP contribution in [0.3, 0.4) is 0 Å². The summed E-state index contributed by atoms with van der Waals surface area (Å²) in [5, 5.41) is 9.44. The van der Waals surface area contributed by atoms with E-state index >= 15 is 0 Å². The summed E-state index contributed by atoms with van der Waals surface area (Å²) in [4.78, 5) is 2.30. The van der Waals surface area contributed by atoms with Gasteiger partial charge in [-0.25, -0.2) is 0 Å². The molecule has 0 heterocycles. The number of rotatable bonds is 4. The van der Waals surface area contributed by atoms with Crippen molar-refractivity contribution >= 4 is 11.6 Å². The van der Waals surface area contributed by atoms with Gasteiger partial charge < -0.3 is 4.90 Å². The van der Waals surface area contributed by atoms with Gasteiger partial charge in [0.25, 0.3) is 0 Å². The van der Waals surface area contributed by atoms with E-state index in [-0.39, 0.29) is 0 Å². The lowest BCUT2D eigenvalue weighted by molar-refractivity contribution is 0.313. The Kier molecular flexibility index (Phi) is 3.48. The Morgan fingerprint density at radius 3 is 2.81 bits per heavy atom. The standard InChI is InChI=1S/C13H15ClN2/c1-16(8-10-2-3-10)9-12-5-4-11(7-15)6-13(12)14/h4-6,10H,2-3,8-9H2,1H3. The summed E-state index contributed by atoms with van der Waals surface area (Å²) >= 11 is 6.13. The highest BCUT2D eigenvalue weighted by atomic mass is 35.5. The Balaban J connectivity index is 2.00. The molecule has 0 N–H and O–H groups in total. The van der Waals surface area contributed by atoms with Crippen LogP contribution in [-0.4, -0.2) is 18.5 Å². The minimum atomic E-state index is 0.624. The summed E-state index contributed by atoms with van der Waals surface area (Å²) in [5.41, 5.74) is 1.72. The molecule has 2 nitrogen and oxygen atoms in total. The van der Waals surface area contributed by atoms with E-state index in [2.05, 4.69) is 18.0 Å². The molecule has 0 amide bonds. The van der Waals surface area contributed by atoms with Crippen molar-refractivity contribution in [1.82, 2.24) is 4.90 Å². The third-order valence-electron chi connectivity index (χ3n) is 2.89. The van der Waals surface area contributed by atoms with Gasteiger partial charge in [0.2, 0.25) is 0 Å². The largest absolute Gasteiger partial charge is 0.302 e. The lowest BCUT2D eigenvalue weighted by Crippen LogP contribution is -2.20. The molecular formula is C13H15ClN2. The second-order valence-electron chi connectivity index (χ2n) is 4.56. The van der Waals surface area contributed by atoms with E-state index in [1.54, 1.807) is 6.07 Å². The van der Waals surface area contributed by atoms with Crippen LogP contribution >= 0.6 is 11.6 Å². The minimum absolute atomic E-state index is 0.624. The van der Waals surface area contributed by atoms with Crippen LogP contribution in [0.25, 0.3) is 0 Å². The first kappa shape index (κ1) is 11.4. The number of nitrogens with zero attached hydrogens (tertiary/aromatic N) is 2. The first-order valence-corrected chi connectivity index (χ1v) is 5.94. The van der Waals surface area contributed by atoms with Crippen LogP contribution in [0.5, 0.6) is 0 Å². The van der Waals surface area contributed by atoms with Crippen molar-refractivity contribution in [3.05, 3.63) is 34.3 Å². The average Bonchev–Trinajstić information content (AvgIpc) is 3.05. The molecule has 84 valence electrons. The van der Waals surface area contributed by atoms with Gasteiger partial charge in [-0.05, 0) is 43.5 Å². The molecule has 2 rings (SSSR count). The zero-order valence-electron chi connectivity index (χ0n) is 9.41. The number of nitriles is 1. The zero-order valence-corrected chi connectivity index (χ0v) is 10.2. The predicted molar refractivity (Wildman–Crippen MR) is 65.2 cm³/mol. The number of benzene rings is 1. The smallest absolute Gasteiger partial charge is 0.0992 e. The molecule has 16 heavy (non-hydrogen) atoms. The van der Waals surface area contributed by atoms with Crippen molar-refractivity contribution in [3.8, 4) is 6.07 Å². The highest BCUT2D eigenvalue weighted by Crippen LogP contribution is 2.30. The van der Waals surface area contributed by atoms with Gasteiger partial charge in [0.1, 0.15) is 0 Å². The van der Waals surface area contributed by atoms with E-state index in [0.29, 0.717) is 10.6 Å². The van der Waals surface area contributed by atoms with Crippen molar-refractivity contribution in [3.63, 3.8) is 0 Å². The summed E-state index contributed by atoms with van der Waals surface area (Å²) < 4.78 is 0. The topological polar surface area (TPSA) is 27.0 Å². The number of halogens is 1. The Hall–Kier alpha value is -1.04. The fraction of sp³-hybridized carbons (Fsp3) is 0.462. The van der Waals surface area contributed by atoms with Crippen molar-refractivity contribution in [2.24, 2.45) is 5.92 Å². The number of hydrogen-bond acceptors (Lipinski definition) is 2. The molecule has 0 aromatic heterocycles. The molecule has 0 unspecified atom stereocenters. The fourth-order valence-electron chi connectivity index (χ4n) is 1.84. The first-order valence-electron chi connectivity index (χ1n) is 5.56. The van der Waals surface area contributed by atoms with Crippen LogP contribution in [0.1, 0.15) is 24.0 Å². The maximum Gasteiger partial charge on any atom is 0.0992 e. The van der Waals surface area contributed by atoms with Gasteiger partial charge in [-0.1, -0.05) is 17.7 Å². The Labute approximate surface area is 101 Å². The van der Waals surface area contributed by atoms with Crippen LogP contribution in [0.4, 0.5) is 0 Å². The monoisotopic (exact) mass is 234 g/mol. The van der Waals surface area contributed by atoms with E-state index in [1.807, 2.05) is 12.1 Å². The van der Waals surface area contributed by atoms with Crippen molar-refractivity contribution < 1.29 is 0 Å². The van der Waals surface area contributed by atoms with E-state index in [9.17, 15) is 0 Å². The highest BCUT2D eigenvalue weighted by Gasteiger charge is 2.22. The summed E-state index contributed by atoms with van der Waals surface area (Å²) in [6.45, 7) is 2.01. The molecule has 0 aliphatic heterocycles. The third kappa shape index (κ3) is 2.98. The molecule has 1 fully saturated rings. The molecule has 3 heteroatoms. The Morgan fingerprint density at radius 2 is 2.25 bits per heavy atom. The van der Waals surface area contributed by atoms with Gasteiger partial charge in [-0.3, -0.25) is 0 Å². The normalized spacial score (nSPS) is 15.1. The summed E-state index contributed by atoms with van der Waals surface area (Å²) in [7, 11) is 2.12. The first-order chi connectivity index (χ1) is 7.69. The van der Waals surface area contributed by atoms with Crippen molar-refractivity contribution in [2.75, 3.05) is 13.6 Å². The van der Waals surface area contributed by atoms with Gasteiger partial charge >= 0.3 is 0 Å². The SMILES string of the molecule is CN(Cc1ccc(C#N)cc1Cl)CC1CC1. The summed E-state index contributed by atoms with van der Waals surface area (Å²) in [5.74, 6) is 0.891. The van der Waals surface area contributed by atoms with Crippen LogP contribution in [0.15, 0.2) is 18.2 Å². The fourth-order valence-corrected chi connectivity index (χ4v) is 2.08. The lowest BCUT2D eigenvalue weighted by Gasteiger charge is -2.17. The maximum atomic E-state index is 8.74. The van der Waals surface area contributed by atoms with Crippen LogP contribution in [0.2, 0.25) is 5.02 Å². The minimum Gasteiger partial charge on any atom is -0.302 e. The van der Waals surface area contributed by atoms with Crippen LogP contribution in [0, 0.1) is 17.2 Å². The summed E-state index contributed by atoms with van der Waals surface area (Å²) in [6, 6.07) is 7.60. The molecule has 1 saturated carbocycles. The van der Waals surface area contributed by atoms with Gasteiger partial charge in [-0.15, -0.1) is 0 Å². The molecule has 0 saturated heterocycles. The molecule has 1 aromatic carbocycles. The Morgan fingerprint density at radius 1 is 1.50 bits per heavy atom. The molecule has 0 radical (unpaired) electrons. The predicted octanol–water partition coefficient (Wildman–Crippen LogP) is 3.05. The summed E-state index contributed by atoms with van der Waals surface area (Å²) in [6.07, 6.45) is 2.73. The van der Waals surface area contributed by atoms with Gasteiger partial charge in [0, 0.05) is 18.1 Å². The zero-order chi connectivity index (χ0) is 11.5. The van der Waals surface area contributed by atoms with Crippen molar-refractivity contribution in [1.29, 1.82) is 5.26 Å². The molecule has 1 aromatic rings. The van der Waals surface area contributed by atoms with Crippen molar-refractivity contribution in [2.45, 2.75) is 19.4 Å². The third-order valence-corrected chi connectivity index (χ3v) is 3.24. The quantitative estimate of drug-likeness (QED) is 0.801. The van der Waals surface area contributed by atoms with Gasteiger partial charge in [0.05, 0.1) is 11.6 Å². The molecule has 0 atom stereocenters. The van der Waals surface area contributed by atoms with E-state index in [1.165, 1.54) is 12.8 Å². The second-order valence-corrected chi connectivity index (χ2v) is 4.97. The molecule has 1 aliphatic rings. The maximum absolute atomic E-state index is 8.74. The molecule has 0 bridgehead atoms. The van der Waals surface area contributed by atoms with Gasteiger partial charge in [0.15, 0.2) is 0 Å². The Bertz CT molecular complexity index is 418. The second kappa shape index (κ2) is 4.86. The average molecular weight is 235 g/mol. The molecular weight excluding hydrogens is 220 g/mol.